The van der Waals surface area contributed by atoms with Gasteiger partial charge in [-0.25, -0.2) is 0 Å². The third-order valence-electron chi connectivity index (χ3n) is 9.41. The number of primary amides is 1. The van der Waals surface area contributed by atoms with Crippen LogP contribution in [0.3, 0.4) is 0 Å². The number of nitrogens with zero attached hydrogens (tertiary/aromatic N) is 2. The Balaban J connectivity index is 1.31. The van der Waals surface area contributed by atoms with Crippen LogP contribution < -0.4 is 21.3 Å². The van der Waals surface area contributed by atoms with E-state index < -0.39 is 29.8 Å². The standard InChI is InChI=1S/C35H47N5O4/c1-4-9-27(32(36)41)28(18-22(2)3)33(42)38-29-15-14-24-12-8-13-25-19-30(40(31(24)25)35(29)44)34(43)37-26-16-17-39(21-26)20-23-10-6-5-7-11-23/h5-8,10-13,22,26-30H,4,9,14-21H2,1-3H3,(H2,36,41)(H,37,43)(H,38,42)/t26-,27-,28+,29-,30-/m0/s1. The Labute approximate surface area is 260 Å². The number of aryl methyl sites for hydroxylation is 1. The second-order valence-corrected chi connectivity index (χ2v) is 13.2. The topological polar surface area (TPSA) is 125 Å². The van der Waals surface area contributed by atoms with Crippen LogP contribution in [0.2, 0.25) is 0 Å². The van der Waals surface area contributed by atoms with E-state index in [2.05, 4.69) is 27.7 Å². The number of hydrogen-bond acceptors (Lipinski definition) is 5. The summed E-state index contributed by atoms with van der Waals surface area (Å²) in [6.45, 7) is 8.48. The van der Waals surface area contributed by atoms with Gasteiger partial charge < -0.3 is 16.4 Å². The zero-order valence-electron chi connectivity index (χ0n) is 26.3. The molecule has 4 amide bonds. The number of likely N-dealkylation sites (tertiary alicyclic amines) is 1. The number of carbonyl (C=O) groups excluding carboxylic acids is 4. The average Bonchev–Trinajstić information content (AvgIpc) is 3.57. The van der Waals surface area contributed by atoms with E-state index in [9.17, 15) is 19.2 Å². The summed E-state index contributed by atoms with van der Waals surface area (Å²) in [5.74, 6) is -2.26. The minimum atomic E-state index is -0.797. The number of rotatable bonds is 12. The molecule has 0 aromatic heterocycles. The van der Waals surface area contributed by atoms with Gasteiger partial charge in [0.2, 0.25) is 23.6 Å². The zero-order valence-corrected chi connectivity index (χ0v) is 26.3. The highest BCUT2D eigenvalue weighted by atomic mass is 16.2. The lowest BCUT2D eigenvalue weighted by Gasteiger charge is -2.30. The molecule has 0 bridgehead atoms. The molecule has 5 atom stereocenters. The average molecular weight is 602 g/mol. The first-order chi connectivity index (χ1) is 21.2. The molecule has 236 valence electrons. The number of carbonyl (C=O) groups is 4. The van der Waals surface area contributed by atoms with Gasteiger partial charge in [0, 0.05) is 43.9 Å². The predicted octanol–water partition coefficient (Wildman–Crippen LogP) is 3.33. The minimum absolute atomic E-state index is 0.00747. The Hall–Kier alpha value is -3.72. The molecule has 0 spiro atoms. The van der Waals surface area contributed by atoms with E-state index in [4.69, 9.17) is 5.73 Å². The largest absolute Gasteiger partial charge is 0.369 e. The molecule has 9 nitrogen and oxygen atoms in total. The van der Waals surface area contributed by atoms with Crippen molar-refractivity contribution >= 4 is 29.3 Å². The first-order valence-electron chi connectivity index (χ1n) is 16.3. The first kappa shape index (κ1) is 31.7. The van der Waals surface area contributed by atoms with Gasteiger partial charge in [0.1, 0.15) is 12.1 Å². The van der Waals surface area contributed by atoms with Crippen molar-refractivity contribution in [2.24, 2.45) is 23.5 Å². The van der Waals surface area contributed by atoms with Crippen molar-refractivity contribution in [1.29, 1.82) is 0 Å². The van der Waals surface area contributed by atoms with Crippen molar-refractivity contribution in [2.45, 2.75) is 90.4 Å². The number of nitrogens with one attached hydrogen (secondary N) is 2. The zero-order chi connectivity index (χ0) is 31.4. The van der Waals surface area contributed by atoms with Gasteiger partial charge in [-0.05, 0) is 54.7 Å². The Kier molecular flexibility index (Phi) is 10.0. The third kappa shape index (κ3) is 6.98. The minimum Gasteiger partial charge on any atom is -0.369 e. The van der Waals surface area contributed by atoms with Gasteiger partial charge >= 0.3 is 0 Å². The SMILES string of the molecule is CCC[C@H](C(N)=O)[C@@H](CC(C)C)C(=O)N[C@H]1CCc2cccc3c2N(C1=O)[C@H](C(=O)N[C@H]1CCN(Cc2ccccc2)C1)C3. The second kappa shape index (κ2) is 13.9. The van der Waals surface area contributed by atoms with E-state index in [1.54, 1.807) is 4.90 Å². The Morgan fingerprint density at radius 3 is 2.43 bits per heavy atom. The van der Waals surface area contributed by atoms with Crippen molar-refractivity contribution < 1.29 is 19.2 Å². The molecule has 3 aliphatic rings. The van der Waals surface area contributed by atoms with E-state index in [1.807, 2.05) is 57.2 Å². The normalized spacial score (nSPS) is 22.8. The van der Waals surface area contributed by atoms with Crippen molar-refractivity contribution in [3.63, 3.8) is 0 Å². The summed E-state index contributed by atoms with van der Waals surface area (Å²) in [4.78, 5) is 58.2. The van der Waals surface area contributed by atoms with E-state index in [1.165, 1.54) is 5.56 Å². The molecule has 1 fully saturated rings. The lowest BCUT2D eigenvalue weighted by Crippen LogP contribution is -2.56. The first-order valence-corrected chi connectivity index (χ1v) is 16.3. The van der Waals surface area contributed by atoms with E-state index >= 15 is 0 Å². The number of anilines is 1. The predicted molar refractivity (Wildman–Crippen MR) is 170 cm³/mol. The molecular weight excluding hydrogens is 554 g/mol. The van der Waals surface area contributed by atoms with E-state index in [0.29, 0.717) is 32.1 Å². The molecule has 4 N–H and O–H groups in total. The summed E-state index contributed by atoms with van der Waals surface area (Å²) in [7, 11) is 0. The van der Waals surface area contributed by atoms with Crippen molar-refractivity contribution in [2.75, 3.05) is 18.0 Å². The van der Waals surface area contributed by atoms with Gasteiger partial charge in [0.05, 0.1) is 5.69 Å². The van der Waals surface area contributed by atoms with E-state index in [-0.39, 0.29) is 29.7 Å². The van der Waals surface area contributed by atoms with Gasteiger partial charge in [-0.15, -0.1) is 0 Å². The van der Waals surface area contributed by atoms with Crippen molar-refractivity contribution in [3.8, 4) is 0 Å². The molecule has 3 heterocycles. The fraction of sp³-hybridized carbons (Fsp3) is 0.543. The number of hydrogen-bond donors (Lipinski definition) is 3. The lowest BCUT2D eigenvalue weighted by molar-refractivity contribution is -0.136. The van der Waals surface area contributed by atoms with Crippen molar-refractivity contribution in [3.05, 3.63) is 65.2 Å². The van der Waals surface area contributed by atoms with Gasteiger partial charge in [-0.3, -0.25) is 29.0 Å². The fourth-order valence-electron chi connectivity index (χ4n) is 7.30. The molecule has 0 unspecified atom stereocenters. The molecule has 0 aliphatic carbocycles. The van der Waals surface area contributed by atoms with Crippen LogP contribution >= 0.6 is 0 Å². The van der Waals surface area contributed by atoms with Crippen LogP contribution in [0.5, 0.6) is 0 Å². The molecule has 0 saturated carbocycles. The van der Waals surface area contributed by atoms with Gasteiger partial charge in [-0.2, -0.15) is 0 Å². The molecule has 9 heteroatoms. The van der Waals surface area contributed by atoms with Crippen molar-refractivity contribution in [1.82, 2.24) is 15.5 Å². The maximum absolute atomic E-state index is 14.2. The summed E-state index contributed by atoms with van der Waals surface area (Å²) in [5.41, 5.74) is 9.80. The Morgan fingerprint density at radius 1 is 0.977 bits per heavy atom. The number of para-hydroxylation sites is 1. The Morgan fingerprint density at radius 2 is 1.73 bits per heavy atom. The summed E-state index contributed by atoms with van der Waals surface area (Å²) in [6, 6.07) is 14.8. The summed E-state index contributed by atoms with van der Waals surface area (Å²) < 4.78 is 0. The number of benzene rings is 2. The monoisotopic (exact) mass is 601 g/mol. The molecule has 2 aromatic carbocycles. The van der Waals surface area contributed by atoms with Gasteiger partial charge in [0.15, 0.2) is 0 Å². The van der Waals surface area contributed by atoms with Crippen LogP contribution in [0.1, 0.15) is 69.6 Å². The maximum atomic E-state index is 14.2. The quantitative estimate of drug-likeness (QED) is 0.344. The lowest BCUT2D eigenvalue weighted by atomic mass is 9.81. The summed E-state index contributed by atoms with van der Waals surface area (Å²) >= 11 is 0. The van der Waals surface area contributed by atoms with Crippen LogP contribution in [0, 0.1) is 17.8 Å². The van der Waals surface area contributed by atoms with Crippen LogP contribution in [-0.2, 0) is 38.6 Å². The molecule has 5 rings (SSSR count). The molecular formula is C35H47N5O4. The highest BCUT2D eigenvalue weighted by molar-refractivity contribution is 6.08. The maximum Gasteiger partial charge on any atom is 0.250 e. The molecule has 2 aromatic rings. The second-order valence-electron chi connectivity index (χ2n) is 13.2. The fourth-order valence-corrected chi connectivity index (χ4v) is 7.30. The Bertz CT molecular complexity index is 1360. The highest BCUT2D eigenvalue weighted by Crippen LogP contribution is 2.39. The van der Waals surface area contributed by atoms with Crippen LogP contribution in [0.25, 0.3) is 0 Å². The molecule has 0 radical (unpaired) electrons. The van der Waals surface area contributed by atoms with Crippen LogP contribution in [0.15, 0.2) is 48.5 Å². The molecule has 1 saturated heterocycles. The summed E-state index contributed by atoms with van der Waals surface area (Å²) in [6.07, 6.45) is 4.07. The van der Waals surface area contributed by atoms with Gasteiger partial charge in [-0.1, -0.05) is 75.7 Å². The van der Waals surface area contributed by atoms with E-state index in [0.717, 1.165) is 49.3 Å². The van der Waals surface area contributed by atoms with Crippen LogP contribution in [-0.4, -0.2) is 59.7 Å². The van der Waals surface area contributed by atoms with Gasteiger partial charge in [0.25, 0.3) is 0 Å². The molecule has 3 aliphatic heterocycles. The summed E-state index contributed by atoms with van der Waals surface area (Å²) in [5, 5.41) is 6.26. The number of amides is 4. The van der Waals surface area contributed by atoms with Crippen LogP contribution in [0.4, 0.5) is 5.69 Å². The third-order valence-corrected chi connectivity index (χ3v) is 9.41. The highest BCUT2D eigenvalue weighted by Gasteiger charge is 2.45. The smallest absolute Gasteiger partial charge is 0.250 e. The number of nitrogens with two attached hydrogens (primary N) is 1. The molecule has 44 heavy (non-hydrogen) atoms.